The fourth-order valence-corrected chi connectivity index (χ4v) is 1.74. The lowest BCUT2D eigenvalue weighted by atomic mass is 10.2. The SMILES string of the molecule is O=Cc1cc(F)cc(OCc2ccc(OC(F)(F)F)c(F)c2)c1. The maximum Gasteiger partial charge on any atom is 0.573 e. The zero-order chi connectivity index (χ0) is 17.0. The van der Waals surface area contributed by atoms with E-state index in [1.807, 2.05) is 0 Å². The van der Waals surface area contributed by atoms with Crippen molar-refractivity contribution in [3.05, 3.63) is 59.2 Å². The lowest BCUT2D eigenvalue weighted by molar-refractivity contribution is -0.275. The number of ether oxygens (including phenoxy) is 2. The van der Waals surface area contributed by atoms with Crippen LogP contribution >= 0.6 is 0 Å². The predicted octanol–water partition coefficient (Wildman–Crippen LogP) is 4.25. The van der Waals surface area contributed by atoms with Crippen molar-refractivity contribution in [3.8, 4) is 11.5 Å². The molecular weight excluding hydrogens is 323 g/mol. The van der Waals surface area contributed by atoms with E-state index >= 15 is 0 Å². The van der Waals surface area contributed by atoms with Crippen LogP contribution in [0.1, 0.15) is 15.9 Å². The topological polar surface area (TPSA) is 35.5 Å². The lowest BCUT2D eigenvalue weighted by Gasteiger charge is -2.11. The molecule has 2 aromatic rings. The zero-order valence-corrected chi connectivity index (χ0v) is 11.4. The molecule has 0 saturated heterocycles. The molecule has 23 heavy (non-hydrogen) atoms. The molecule has 2 aromatic carbocycles. The quantitative estimate of drug-likeness (QED) is 0.606. The number of aldehydes is 1. The van der Waals surface area contributed by atoms with E-state index in [1.54, 1.807) is 0 Å². The number of alkyl halides is 3. The minimum absolute atomic E-state index is 0.0307. The summed E-state index contributed by atoms with van der Waals surface area (Å²) in [4.78, 5) is 10.6. The van der Waals surface area contributed by atoms with E-state index in [0.29, 0.717) is 6.29 Å². The summed E-state index contributed by atoms with van der Waals surface area (Å²) in [6.45, 7) is -0.231. The molecular formula is C15H9F5O3. The average Bonchev–Trinajstić information content (AvgIpc) is 2.46. The van der Waals surface area contributed by atoms with E-state index in [1.165, 1.54) is 12.1 Å². The molecule has 2 rings (SSSR count). The number of rotatable bonds is 5. The van der Waals surface area contributed by atoms with Gasteiger partial charge in [-0.1, -0.05) is 6.07 Å². The molecule has 0 heterocycles. The monoisotopic (exact) mass is 332 g/mol. The second kappa shape index (κ2) is 6.64. The van der Waals surface area contributed by atoms with Gasteiger partial charge in [0.05, 0.1) is 0 Å². The Hall–Kier alpha value is -2.64. The molecule has 0 spiro atoms. The van der Waals surface area contributed by atoms with Crippen LogP contribution in [0.15, 0.2) is 36.4 Å². The van der Waals surface area contributed by atoms with Crippen molar-refractivity contribution in [3.63, 3.8) is 0 Å². The summed E-state index contributed by atoms with van der Waals surface area (Å²) in [5.41, 5.74) is 0.258. The molecule has 0 radical (unpaired) electrons. The number of halogens is 5. The van der Waals surface area contributed by atoms with E-state index in [-0.39, 0.29) is 23.5 Å². The Morgan fingerprint density at radius 1 is 1.04 bits per heavy atom. The molecule has 0 aliphatic carbocycles. The molecule has 0 unspecified atom stereocenters. The molecule has 0 fully saturated rings. The highest BCUT2D eigenvalue weighted by Gasteiger charge is 2.32. The van der Waals surface area contributed by atoms with Crippen LogP contribution in [0.3, 0.4) is 0 Å². The van der Waals surface area contributed by atoms with Crippen molar-refractivity contribution >= 4 is 6.29 Å². The highest BCUT2D eigenvalue weighted by molar-refractivity contribution is 5.75. The van der Waals surface area contributed by atoms with Crippen LogP contribution < -0.4 is 9.47 Å². The molecule has 8 heteroatoms. The fraction of sp³-hybridized carbons (Fsp3) is 0.133. The van der Waals surface area contributed by atoms with Crippen LogP contribution in [-0.2, 0) is 6.61 Å². The van der Waals surface area contributed by atoms with Gasteiger partial charge in [-0.05, 0) is 29.8 Å². The normalized spacial score (nSPS) is 11.2. The number of hydrogen-bond donors (Lipinski definition) is 0. The first-order valence-electron chi connectivity index (χ1n) is 6.19. The first-order valence-corrected chi connectivity index (χ1v) is 6.19. The van der Waals surface area contributed by atoms with E-state index in [9.17, 15) is 26.7 Å². The minimum atomic E-state index is -4.99. The van der Waals surface area contributed by atoms with Gasteiger partial charge in [-0.15, -0.1) is 13.2 Å². The standard InChI is InChI=1S/C15H9F5O3/c16-11-3-10(7-21)4-12(6-11)22-8-9-1-2-14(13(17)5-9)23-15(18,19)20/h1-7H,8H2. The van der Waals surface area contributed by atoms with Crippen molar-refractivity contribution in [1.82, 2.24) is 0 Å². The third kappa shape index (κ3) is 4.94. The van der Waals surface area contributed by atoms with Crippen LogP contribution in [-0.4, -0.2) is 12.6 Å². The van der Waals surface area contributed by atoms with Gasteiger partial charge in [-0.25, -0.2) is 8.78 Å². The number of hydrogen-bond acceptors (Lipinski definition) is 3. The Morgan fingerprint density at radius 3 is 2.39 bits per heavy atom. The summed E-state index contributed by atoms with van der Waals surface area (Å²) < 4.78 is 71.4. The van der Waals surface area contributed by atoms with Gasteiger partial charge in [0.1, 0.15) is 24.5 Å². The van der Waals surface area contributed by atoms with Gasteiger partial charge >= 0.3 is 6.36 Å². The van der Waals surface area contributed by atoms with Gasteiger partial charge < -0.3 is 9.47 Å². The number of carbonyl (C=O) groups is 1. The molecule has 0 aliphatic rings. The van der Waals surface area contributed by atoms with Crippen LogP contribution in [0.5, 0.6) is 11.5 Å². The van der Waals surface area contributed by atoms with Crippen LogP contribution in [0, 0.1) is 11.6 Å². The Labute approximate surface area is 127 Å². The molecule has 0 aromatic heterocycles. The van der Waals surface area contributed by atoms with Crippen molar-refractivity contribution in [1.29, 1.82) is 0 Å². The molecule has 0 atom stereocenters. The Balaban J connectivity index is 2.08. The smallest absolute Gasteiger partial charge is 0.489 e. The van der Waals surface area contributed by atoms with Crippen molar-refractivity contribution in [2.75, 3.05) is 0 Å². The summed E-state index contributed by atoms with van der Waals surface area (Å²) in [6, 6.07) is 6.08. The third-order valence-corrected chi connectivity index (χ3v) is 2.66. The predicted molar refractivity (Wildman–Crippen MR) is 69.2 cm³/mol. The highest BCUT2D eigenvalue weighted by Crippen LogP contribution is 2.26. The Bertz CT molecular complexity index is 713. The molecule has 0 aliphatic heterocycles. The molecule has 122 valence electrons. The zero-order valence-electron chi connectivity index (χ0n) is 11.4. The van der Waals surface area contributed by atoms with Crippen LogP contribution in [0.4, 0.5) is 22.0 Å². The summed E-state index contributed by atoms with van der Waals surface area (Å²) >= 11 is 0. The second-order valence-electron chi connectivity index (χ2n) is 4.44. The average molecular weight is 332 g/mol. The molecule has 0 bridgehead atoms. The summed E-state index contributed by atoms with van der Waals surface area (Å²) in [7, 11) is 0. The van der Waals surface area contributed by atoms with Gasteiger partial charge in [0.2, 0.25) is 0 Å². The largest absolute Gasteiger partial charge is 0.573 e. The first-order chi connectivity index (χ1) is 10.8. The van der Waals surface area contributed by atoms with E-state index in [0.717, 1.165) is 24.3 Å². The van der Waals surface area contributed by atoms with Crippen molar-refractivity contribution < 1.29 is 36.2 Å². The lowest BCUT2D eigenvalue weighted by Crippen LogP contribution is -2.18. The Morgan fingerprint density at radius 2 is 1.78 bits per heavy atom. The minimum Gasteiger partial charge on any atom is -0.489 e. The third-order valence-electron chi connectivity index (χ3n) is 2.66. The summed E-state index contributed by atoms with van der Waals surface area (Å²) in [5.74, 6) is -2.83. The summed E-state index contributed by atoms with van der Waals surface area (Å²) in [6.07, 6.45) is -4.56. The second-order valence-corrected chi connectivity index (χ2v) is 4.44. The van der Waals surface area contributed by atoms with E-state index in [4.69, 9.17) is 4.74 Å². The summed E-state index contributed by atoms with van der Waals surface area (Å²) in [5, 5.41) is 0. The van der Waals surface area contributed by atoms with Crippen LogP contribution in [0.2, 0.25) is 0 Å². The number of benzene rings is 2. The van der Waals surface area contributed by atoms with Gasteiger partial charge in [0, 0.05) is 11.6 Å². The van der Waals surface area contributed by atoms with E-state index < -0.39 is 23.7 Å². The number of carbonyl (C=O) groups excluding carboxylic acids is 1. The maximum absolute atomic E-state index is 13.5. The highest BCUT2D eigenvalue weighted by atomic mass is 19.4. The maximum atomic E-state index is 13.5. The van der Waals surface area contributed by atoms with Gasteiger partial charge in [0.25, 0.3) is 0 Å². The van der Waals surface area contributed by atoms with Gasteiger partial charge in [-0.3, -0.25) is 4.79 Å². The first kappa shape index (κ1) is 16.7. The molecule has 0 saturated carbocycles. The Kier molecular flexibility index (Phi) is 4.83. The van der Waals surface area contributed by atoms with Crippen molar-refractivity contribution in [2.24, 2.45) is 0 Å². The molecule has 0 N–H and O–H groups in total. The van der Waals surface area contributed by atoms with Gasteiger partial charge in [0.15, 0.2) is 11.6 Å². The van der Waals surface area contributed by atoms with E-state index in [2.05, 4.69) is 4.74 Å². The van der Waals surface area contributed by atoms with Crippen LogP contribution in [0.25, 0.3) is 0 Å². The van der Waals surface area contributed by atoms with Crippen molar-refractivity contribution in [2.45, 2.75) is 13.0 Å². The molecule has 0 amide bonds. The molecule has 3 nitrogen and oxygen atoms in total. The fourth-order valence-electron chi connectivity index (χ4n) is 1.74. The van der Waals surface area contributed by atoms with Gasteiger partial charge in [-0.2, -0.15) is 0 Å².